The first-order chi connectivity index (χ1) is 11.0. The van der Waals surface area contributed by atoms with Crippen molar-refractivity contribution in [3.63, 3.8) is 0 Å². The number of aliphatic carboxylic acids is 1. The third-order valence-corrected chi connectivity index (χ3v) is 4.84. The van der Waals surface area contributed by atoms with Gasteiger partial charge in [-0.1, -0.05) is 11.6 Å². The van der Waals surface area contributed by atoms with Gasteiger partial charge >= 0.3 is 12.1 Å². The summed E-state index contributed by atoms with van der Waals surface area (Å²) in [6.45, 7) is 5.35. The van der Waals surface area contributed by atoms with E-state index in [4.69, 9.17) is 16.3 Å². The van der Waals surface area contributed by atoms with Gasteiger partial charge in [-0.25, -0.2) is 14.0 Å². The molecule has 3 atom stereocenters. The normalized spacial score (nSPS) is 28.5. The van der Waals surface area contributed by atoms with Crippen LogP contribution in [0.1, 0.15) is 32.8 Å². The summed E-state index contributed by atoms with van der Waals surface area (Å²) < 4.78 is 19.0. The maximum Gasteiger partial charge on any atom is 0.411 e. The largest absolute Gasteiger partial charge is 0.480 e. The Kier molecular flexibility index (Phi) is 3.79. The number of rotatable bonds is 2. The Hall–Kier alpha value is -1.82. The van der Waals surface area contributed by atoms with Crippen molar-refractivity contribution in [1.29, 1.82) is 0 Å². The van der Waals surface area contributed by atoms with Gasteiger partial charge in [0.05, 0.1) is 0 Å². The van der Waals surface area contributed by atoms with Crippen molar-refractivity contribution in [1.82, 2.24) is 4.90 Å². The molecule has 1 saturated carbocycles. The van der Waals surface area contributed by atoms with E-state index < -0.39 is 34.9 Å². The molecule has 1 heterocycles. The molecule has 1 saturated heterocycles. The van der Waals surface area contributed by atoms with Crippen LogP contribution in [0.25, 0.3) is 0 Å². The third-order valence-electron chi connectivity index (χ3n) is 4.62. The van der Waals surface area contributed by atoms with Crippen LogP contribution < -0.4 is 0 Å². The lowest BCUT2D eigenvalue weighted by atomic mass is 9.94. The highest BCUT2D eigenvalue weighted by atomic mass is 35.5. The van der Waals surface area contributed by atoms with Crippen LogP contribution in [0.4, 0.5) is 9.18 Å². The predicted molar refractivity (Wildman–Crippen MR) is 85.6 cm³/mol. The van der Waals surface area contributed by atoms with Crippen molar-refractivity contribution in [3.8, 4) is 0 Å². The average Bonchev–Trinajstić information content (AvgIpc) is 3.01. The number of carbonyl (C=O) groups is 2. The molecule has 3 rings (SSSR count). The van der Waals surface area contributed by atoms with Gasteiger partial charge in [-0.05, 0) is 51.0 Å². The van der Waals surface area contributed by atoms with Crippen LogP contribution in [0.5, 0.6) is 0 Å². The first-order valence-corrected chi connectivity index (χ1v) is 8.10. The quantitative estimate of drug-likeness (QED) is 0.882. The summed E-state index contributed by atoms with van der Waals surface area (Å²) in [4.78, 5) is 25.3. The number of likely N-dealkylation sites (tertiary alicyclic amines) is 1. The van der Waals surface area contributed by atoms with E-state index in [1.54, 1.807) is 26.8 Å². The standard InChI is InChI=1S/C17H19ClFNO4/c1-16(2,3)24-15(23)20-8-17(7-12(17)13(20)14(21)22)9-4-10(18)6-11(19)5-9/h4-6,12-13H,7-8H2,1-3H3,(H,21,22)/t12-,13?,17+/m0/s1. The minimum Gasteiger partial charge on any atom is -0.480 e. The molecule has 1 N–H and O–H groups in total. The molecule has 2 fully saturated rings. The maximum atomic E-state index is 13.7. The highest BCUT2D eigenvalue weighted by molar-refractivity contribution is 6.30. The number of benzene rings is 1. The second kappa shape index (κ2) is 5.34. The van der Waals surface area contributed by atoms with Crippen LogP contribution >= 0.6 is 11.6 Å². The van der Waals surface area contributed by atoms with Gasteiger partial charge in [-0.3, -0.25) is 4.90 Å². The summed E-state index contributed by atoms with van der Waals surface area (Å²) in [6, 6.07) is 3.24. The van der Waals surface area contributed by atoms with Gasteiger partial charge < -0.3 is 9.84 Å². The Morgan fingerprint density at radius 2 is 2.04 bits per heavy atom. The van der Waals surface area contributed by atoms with Gasteiger partial charge in [0.1, 0.15) is 17.5 Å². The number of piperidine rings is 1. The molecule has 1 unspecified atom stereocenters. The van der Waals surface area contributed by atoms with Crippen molar-refractivity contribution in [2.45, 2.75) is 44.2 Å². The third kappa shape index (κ3) is 2.83. The molecule has 5 nitrogen and oxygen atoms in total. The fourth-order valence-corrected chi connectivity index (χ4v) is 3.84. The zero-order valence-electron chi connectivity index (χ0n) is 13.7. The number of ether oxygens (including phenoxy) is 1. The first-order valence-electron chi connectivity index (χ1n) is 7.72. The molecule has 1 amide bonds. The molecule has 0 radical (unpaired) electrons. The smallest absolute Gasteiger partial charge is 0.411 e. The molecule has 1 aromatic carbocycles. The van der Waals surface area contributed by atoms with Crippen LogP contribution in [-0.4, -0.2) is 40.3 Å². The summed E-state index contributed by atoms with van der Waals surface area (Å²) in [7, 11) is 0. The van der Waals surface area contributed by atoms with Crippen molar-refractivity contribution in [2.75, 3.05) is 6.54 Å². The number of carboxylic acid groups (broad SMARTS) is 1. The fraction of sp³-hybridized carbons (Fsp3) is 0.529. The minimum atomic E-state index is -1.08. The average molecular weight is 356 g/mol. The zero-order chi connectivity index (χ0) is 17.9. The van der Waals surface area contributed by atoms with Crippen LogP contribution in [-0.2, 0) is 14.9 Å². The molecule has 24 heavy (non-hydrogen) atoms. The summed E-state index contributed by atoms with van der Waals surface area (Å²) in [5.41, 5.74) is -0.650. The van der Waals surface area contributed by atoms with E-state index in [1.807, 2.05) is 0 Å². The van der Waals surface area contributed by atoms with E-state index in [0.717, 1.165) is 0 Å². The van der Waals surface area contributed by atoms with Crippen molar-refractivity contribution in [2.24, 2.45) is 5.92 Å². The summed E-state index contributed by atoms with van der Waals surface area (Å²) >= 11 is 5.93. The van der Waals surface area contributed by atoms with Gasteiger partial charge in [0.25, 0.3) is 0 Å². The van der Waals surface area contributed by atoms with Crippen molar-refractivity contribution < 1.29 is 23.8 Å². The Morgan fingerprint density at radius 1 is 1.38 bits per heavy atom. The number of nitrogens with zero attached hydrogens (tertiary/aromatic N) is 1. The SMILES string of the molecule is CC(C)(C)OC(=O)N1C[C@@]2(c3cc(F)cc(Cl)c3)C[C@H]2C1C(=O)O. The van der Waals surface area contributed by atoms with E-state index in [-0.39, 0.29) is 17.5 Å². The number of carboxylic acids is 1. The van der Waals surface area contributed by atoms with Gasteiger partial charge in [-0.2, -0.15) is 0 Å². The summed E-state index contributed by atoms with van der Waals surface area (Å²) in [5, 5.41) is 9.81. The van der Waals surface area contributed by atoms with Gasteiger partial charge in [0.15, 0.2) is 0 Å². The van der Waals surface area contributed by atoms with Crippen LogP contribution in [0.15, 0.2) is 18.2 Å². The highest BCUT2D eigenvalue weighted by Gasteiger charge is 2.69. The summed E-state index contributed by atoms with van der Waals surface area (Å²) in [5.74, 6) is -1.81. The number of fused-ring (bicyclic) bond motifs is 1. The molecule has 7 heteroatoms. The number of hydrogen-bond acceptors (Lipinski definition) is 3. The van der Waals surface area contributed by atoms with Gasteiger partial charge in [0.2, 0.25) is 0 Å². The van der Waals surface area contributed by atoms with E-state index in [1.165, 1.54) is 17.0 Å². The van der Waals surface area contributed by atoms with E-state index in [9.17, 15) is 19.1 Å². The molecule has 1 aliphatic heterocycles. The maximum absolute atomic E-state index is 13.7. The monoisotopic (exact) mass is 355 g/mol. The lowest BCUT2D eigenvalue weighted by molar-refractivity contribution is -0.142. The molecule has 1 aromatic rings. The summed E-state index contributed by atoms with van der Waals surface area (Å²) in [6.07, 6.45) is -0.0766. The highest BCUT2D eigenvalue weighted by Crippen LogP contribution is 2.62. The number of halogens is 2. The molecule has 0 spiro atoms. The van der Waals surface area contributed by atoms with E-state index >= 15 is 0 Å². The lowest BCUT2D eigenvalue weighted by Gasteiger charge is -2.29. The van der Waals surface area contributed by atoms with Gasteiger partial charge in [-0.15, -0.1) is 0 Å². The van der Waals surface area contributed by atoms with Crippen molar-refractivity contribution >= 4 is 23.7 Å². The Morgan fingerprint density at radius 3 is 2.58 bits per heavy atom. The molecule has 130 valence electrons. The van der Waals surface area contributed by atoms with E-state index in [2.05, 4.69) is 0 Å². The number of amides is 1. The number of carbonyl (C=O) groups excluding carboxylic acids is 1. The topological polar surface area (TPSA) is 66.8 Å². The minimum absolute atomic E-state index is 0.184. The van der Waals surface area contributed by atoms with Crippen LogP contribution in [0, 0.1) is 11.7 Å². The second-order valence-electron chi connectivity index (χ2n) is 7.52. The Balaban J connectivity index is 1.92. The Bertz CT molecular complexity index is 697. The fourth-order valence-electron chi connectivity index (χ4n) is 3.62. The molecule has 1 aliphatic carbocycles. The molecular formula is C17H19ClFNO4. The molecule has 0 aromatic heterocycles. The number of hydrogen-bond donors (Lipinski definition) is 1. The molecular weight excluding hydrogens is 337 g/mol. The van der Waals surface area contributed by atoms with Crippen LogP contribution in [0.3, 0.4) is 0 Å². The first kappa shape index (κ1) is 17.0. The lowest BCUT2D eigenvalue weighted by Crippen LogP contribution is -2.46. The molecule has 0 bridgehead atoms. The van der Waals surface area contributed by atoms with Crippen molar-refractivity contribution in [3.05, 3.63) is 34.6 Å². The molecule has 2 aliphatic rings. The Labute approximate surface area is 144 Å². The second-order valence-corrected chi connectivity index (χ2v) is 7.95. The van der Waals surface area contributed by atoms with Crippen LogP contribution in [0.2, 0.25) is 5.02 Å². The zero-order valence-corrected chi connectivity index (χ0v) is 14.4. The predicted octanol–water partition coefficient (Wildman–Crippen LogP) is 3.44. The van der Waals surface area contributed by atoms with E-state index in [0.29, 0.717) is 12.0 Å². The van der Waals surface area contributed by atoms with Gasteiger partial charge in [0, 0.05) is 22.9 Å².